The molecule has 0 aromatic heterocycles. The molecular formula is C26H37N3O5S. The van der Waals surface area contributed by atoms with Crippen molar-refractivity contribution in [1.29, 1.82) is 0 Å². The van der Waals surface area contributed by atoms with Gasteiger partial charge in [0.2, 0.25) is 21.8 Å². The van der Waals surface area contributed by atoms with E-state index in [0.29, 0.717) is 11.4 Å². The summed E-state index contributed by atoms with van der Waals surface area (Å²) in [6, 6.07) is 11.7. The van der Waals surface area contributed by atoms with Crippen molar-refractivity contribution in [2.24, 2.45) is 0 Å². The second kappa shape index (κ2) is 12.1. The average Bonchev–Trinajstić information content (AvgIpc) is 2.81. The highest BCUT2D eigenvalue weighted by molar-refractivity contribution is 7.92. The zero-order valence-corrected chi connectivity index (χ0v) is 22.5. The molecule has 8 nitrogen and oxygen atoms in total. The first-order valence-electron chi connectivity index (χ1n) is 11.7. The molecule has 2 amide bonds. The van der Waals surface area contributed by atoms with Gasteiger partial charge in [-0.25, -0.2) is 8.42 Å². The third-order valence-electron chi connectivity index (χ3n) is 6.18. The molecule has 9 heteroatoms. The lowest BCUT2D eigenvalue weighted by Crippen LogP contribution is -2.52. The Morgan fingerprint density at radius 1 is 1.09 bits per heavy atom. The maximum absolute atomic E-state index is 13.6. The minimum atomic E-state index is -3.77. The van der Waals surface area contributed by atoms with Crippen LogP contribution in [0.25, 0.3) is 0 Å². The fourth-order valence-electron chi connectivity index (χ4n) is 3.62. The SMILES string of the molecule is CC[C@@H](C)NC(=O)[C@H](C)N(Cc1cccc(OC)c1)C(=O)CN(c1cccc(C)c1C)S(C)(=O)=O. The number of hydrogen-bond donors (Lipinski definition) is 1. The number of carbonyl (C=O) groups is 2. The smallest absolute Gasteiger partial charge is 0.244 e. The first-order valence-corrected chi connectivity index (χ1v) is 13.5. The largest absolute Gasteiger partial charge is 0.497 e. The number of nitrogens with zero attached hydrogens (tertiary/aromatic N) is 2. The molecule has 2 rings (SSSR count). The Balaban J connectivity index is 2.45. The molecule has 0 saturated carbocycles. The van der Waals surface area contributed by atoms with Gasteiger partial charge in [-0.1, -0.05) is 31.2 Å². The number of amides is 2. The highest BCUT2D eigenvalue weighted by Gasteiger charge is 2.31. The molecule has 2 aromatic carbocycles. The van der Waals surface area contributed by atoms with E-state index in [2.05, 4.69) is 5.32 Å². The summed E-state index contributed by atoms with van der Waals surface area (Å²) >= 11 is 0. The quantitative estimate of drug-likeness (QED) is 0.507. The van der Waals surface area contributed by atoms with E-state index in [9.17, 15) is 18.0 Å². The number of anilines is 1. The number of rotatable bonds is 11. The molecule has 0 aliphatic carbocycles. The molecule has 0 aliphatic rings. The van der Waals surface area contributed by atoms with Crippen LogP contribution in [0.1, 0.15) is 43.9 Å². The maximum atomic E-state index is 13.6. The van der Waals surface area contributed by atoms with Gasteiger partial charge < -0.3 is 15.0 Å². The van der Waals surface area contributed by atoms with Crippen LogP contribution in [-0.2, 0) is 26.2 Å². The summed E-state index contributed by atoms with van der Waals surface area (Å²) in [4.78, 5) is 28.0. The maximum Gasteiger partial charge on any atom is 0.244 e. The number of ether oxygens (including phenoxy) is 1. The highest BCUT2D eigenvalue weighted by atomic mass is 32.2. The van der Waals surface area contributed by atoms with Crippen LogP contribution in [0.4, 0.5) is 5.69 Å². The molecule has 0 heterocycles. The molecule has 192 valence electrons. The van der Waals surface area contributed by atoms with Gasteiger partial charge in [-0.2, -0.15) is 0 Å². The van der Waals surface area contributed by atoms with E-state index < -0.39 is 28.5 Å². The summed E-state index contributed by atoms with van der Waals surface area (Å²) in [6.45, 7) is 8.91. The van der Waals surface area contributed by atoms with E-state index >= 15 is 0 Å². The lowest BCUT2D eigenvalue weighted by molar-refractivity contribution is -0.139. The van der Waals surface area contributed by atoms with Crippen molar-refractivity contribution in [3.63, 3.8) is 0 Å². The highest BCUT2D eigenvalue weighted by Crippen LogP contribution is 2.25. The van der Waals surface area contributed by atoms with Crippen molar-refractivity contribution in [2.45, 2.75) is 59.7 Å². The Morgan fingerprint density at radius 2 is 1.74 bits per heavy atom. The number of carbonyl (C=O) groups excluding carboxylic acids is 2. The zero-order valence-electron chi connectivity index (χ0n) is 21.7. The third kappa shape index (κ3) is 7.45. The van der Waals surface area contributed by atoms with Crippen LogP contribution in [0.5, 0.6) is 5.75 Å². The lowest BCUT2D eigenvalue weighted by Gasteiger charge is -2.32. The van der Waals surface area contributed by atoms with Crippen molar-refractivity contribution in [3.05, 3.63) is 59.2 Å². The van der Waals surface area contributed by atoms with E-state index in [-0.39, 0.29) is 18.5 Å². The molecule has 2 aromatic rings. The summed E-state index contributed by atoms with van der Waals surface area (Å²) in [5, 5.41) is 2.92. The Kier molecular flexibility index (Phi) is 9.71. The second-order valence-electron chi connectivity index (χ2n) is 8.86. The second-order valence-corrected chi connectivity index (χ2v) is 10.8. The topological polar surface area (TPSA) is 96.0 Å². The predicted molar refractivity (Wildman–Crippen MR) is 139 cm³/mol. The lowest BCUT2D eigenvalue weighted by atomic mass is 10.1. The molecule has 2 atom stereocenters. The molecule has 35 heavy (non-hydrogen) atoms. The van der Waals surface area contributed by atoms with Crippen LogP contribution in [0.3, 0.4) is 0 Å². The number of sulfonamides is 1. The Morgan fingerprint density at radius 3 is 2.34 bits per heavy atom. The Hall–Kier alpha value is -3.07. The van der Waals surface area contributed by atoms with Gasteiger partial charge in [0.05, 0.1) is 19.1 Å². The summed E-state index contributed by atoms with van der Waals surface area (Å²) in [7, 11) is -2.22. The molecule has 0 radical (unpaired) electrons. The van der Waals surface area contributed by atoms with E-state index in [4.69, 9.17) is 4.74 Å². The first kappa shape index (κ1) is 28.2. The first-order chi connectivity index (χ1) is 16.4. The molecule has 0 aliphatic heterocycles. The fourth-order valence-corrected chi connectivity index (χ4v) is 4.52. The van der Waals surface area contributed by atoms with Crippen LogP contribution in [0.2, 0.25) is 0 Å². The van der Waals surface area contributed by atoms with Crippen molar-refractivity contribution in [2.75, 3.05) is 24.2 Å². The average molecular weight is 504 g/mol. The number of hydrogen-bond acceptors (Lipinski definition) is 5. The Labute approximate surface area is 209 Å². The van der Waals surface area contributed by atoms with Crippen LogP contribution in [-0.4, -0.2) is 57.1 Å². The van der Waals surface area contributed by atoms with Gasteiger partial charge in [0.25, 0.3) is 0 Å². The van der Waals surface area contributed by atoms with Gasteiger partial charge in [0, 0.05) is 12.6 Å². The number of benzene rings is 2. The van der Waals surface area contributed by atoms with Gasteiger partial charge >= 0.3 is 0 Å². The molecule has 0 fully saturated rings. The van der Waals surface area contributed by atoms with Crippen LogP contribution < -0.4 is 14.4 Å². The standard InChI is InChI=1S/C26H37N3O5S/c1-8-19(3)27-26(31)21(5)28(16-22-12-10-13-23(15-22)34-6)25(30)17-29(35(7,32)33)24-14-9-11-18(2)20(24)4/h9-15,19,21H,8,16-17H2,1-7H3,(H,27,31)/t19-,21+/m1/s1. The van der Waals surface area contributed by atoms with Crippen molar-refractivity contribution < 1.29 is 22.7 Å². The minimum absolute atomic E-state index is 0.0545. The van der Waals surface area contributed by atoms with Gasteiger partial charge in [-0.15, -0.1) is 0 Å². The van der Waals surface area contributed by atoms with Gasteiger partial charge in [-0.3, -0.25) is 13.9 Å². The van der Waals surface area contributed by atoms with Crippen molar-refractivity contribution in [3.8, 4) is 5.75 Å². The zero-order chi connectivity index (χ0) is 26.3. The number of nitrogens with one attached hydrogen (secondary N) is 1. The molecule has 0 spiro atoms. The van der Waals surface area contributed by atoms with Crippen LogP contribution in [0, 0.1) is 13.8 Å². The summed E-state index contributed by atoms with van der Waals surface area (Å²) in [5.74, 6) is -0.154. The summed E-state index contributed by atoms with van der Waals surface area (Å²) in [5.41, 5.74) is 2.89. The molecule has 0 saturated heterocycles. The Bertz CT molecular complexity index is 1150. The van der Waals surface area contributed by atoms with Gasteiger partial charge in [0.15, 0.2) is 0 Å². The molecule has 1 N–H and O–H groups in total. The monoisotopic (exact) mass is 503 g/mol. The third-order valence-corrected chi connectivity index (χ3v) is 7.31. The molecule has 0 unspecified atom stereocenters. The van der Waals surface area contributed by atoms with E-state index in [0.717, 1.165) is 33.7 Å². The summed E-state index contributed by atoms with van der Waals surface area (Å²) < 4.78 is 31.9. The van der Waals surface area contributed by atoms with E-state index in [1.165, 1.54) is 4.90 Å². The van der Waals surface area contributed by atoms with Crippen LogP contribution in [0.15, 0.2) is 42.5 Å². The number of aryl methyl sites for hydroxylation is 1. The van der Waals surface area contributed by atoms with E-state index in [1.54, 1.807) is 44.4 Å². The van der Waals surface area contributed by atoms with Crippen LogP contribution >= 0.6 is 0 Å². The normalized spacial score (nSPS) is 13.0. The van der Waals surface area contributed by atoms with Gasteiger partial charge in [0.1, 0.15) is 18.3 Å². The molecule has 0 bridgehead atoms. The predicted octanol–water partition coefficient (Wildman–Crippen LogP) is 3.41. The summed E-state index contributed by atoms with van der Waals surface area (Å²) in [6.07, 6.45) is 1.82. The minimum Gasteiger partial charge on any atom is -0.497 e. The fraction of sp³-hybridized carbons (Fsp3) is 0.462. The van der Waals surface area contributed by atoms with Crippen molar-refractivity contribution >= 4 is 27.5 Å². The van der Waals surface area contributed by atoms with E-state index in [1.807, 2.05) is 39.8 Å². The van der Waals surface area contributed by atoms with Crippen molar-refractivity contribution in [1.82, 2.24) is 10.2 Å². The molecular weight excluding hydrogens is 466 g/mol. The number of methoxy groups -OCH3 is 1. The van der Waals surface area contributed by atoms with Gasteiger partial charge in [-0.05, 0) is 69.0 Å².